The number of halogens is 1. The molecule has 4 heterocycles. The van der Waals surface area contributed by atoms with Gasteiger partial charge in [0.05, 0.1) is 53.9 Å². The Morgan fingerprint density at radius 2 is 1.82 bits per heavy atom. The van der Waals surface area contributed by atoms with Gasteiger partial charge in [0.15, 0.2) is 11.5 Å². The average molecular weight is 879 g/mol. The lowest BCUT2D eigenvalue weighted by molar-refractivity contribution is -0.144. The van der Waals surface area contributed by atoms with Gasteiger partial charge in [-0.2, -0.15) is 0 Å². The number of thiazole rings is 1. The second-order valence-corrected chi connectivity index (χ2v) is 17.9. The van der Waals surface area contributed by atoms with Crippen LogP contribution in [0.1, 0.15) is 68.5 Å². The van der Waals surface area contributed by atoms with E-state index in [9.17, 15) is 19.5 Å². The van der Waals surface area contributed by atoms with Crippen LogP contribution in [0.3, 0.4) is 0 Å². The number of aromatic nitrogens is 3. The zero-order valence-electron chi connectivity index (χ0n) is 33.0. The van der Waals surface area contributed by atoms with E-state index < -0.39 is 35.4 Å². The molecule has 0 aliphatic carbocycles. The van der Waals surface area contributed by atoms with Crippen LogP contribution in [-0.4, -0.2) is 81.1 Å². The maximum atomic E-state index is 14.1. The van der Waals surface area contributed by atoms with Gasteiger partial charge in [-0.3, -0.25) is 14.4 Å². The van der Waals surface area contributed by atoms with Gasteiger partial charge < -0.3 is 35.4 Å². The largest absolute Gasteiger partial charge is 0.493 e. The minimum Gasteiger partial charge on any atom is -0.493 e. The molecule has 1 saturated heterocycles. The summed E-state index contributed by atoms with van der Waals surface area (Å²) in [5.74, 6) is 0.895. The number of anilines is 1. The fraction of sp³-hybridized carbons (Fsp3) is 0.415. The van der Waals surface area contributed by atoms with E-state index in [1.807, 2.05) is 75.8 Å². The summed E-state index contributed by atoms with van der Waals surface area (Å²) in [7, 11) is 1.54. The van der Waals surface area contributed by atoms with Gasteiger partial charge in [0, 0.05) is 45.7 Å². The van der Waals surface area contributed by atoms with E-state index in [0.29, 0.717) is 28.7 Å². The number of benzene rings is 2. The number of ether oxygens (including phenoxy) is 2. The first-order valence-electron chi connectivity index (χ1n) is 18.7. The third-order valence-electron chi connectivity index (χ3n) is 9.76. The highest BCUT2D eigenvalue weighted by Crippen LogP contribution is 2.36. The molecular weight excluding hydrogens is 831 g/mol. The Hall–Kier alpha value is -4.64. The predicted octanol–water partition coefficient (Wildman–Crippen LogP) is 6.95. The van der Waals surface area contributed by atoms with E-state index in [-0.39, 0.29) is 44.5 Å². The second-order valence-electron chi connectivity index (χ2n) is 15.2. The van der Waals surface area contributed by atoms with Gasteiger partial charge >= 0.3 is 0 Å². The molecule has 1 fully saturated rings. The number of carbonyl (C=O) groups excluding carboxylic acids is 3. The van der Waals surface area contributed by atoms with Crippen LogP contribution in [0.25, 0.3) is 21.3 Å². The number of aliphatic hydroxyl groups is 1. The summed E-state index contributed by atoms with van der Waals surface area (Å²) in [5.41, 5.74) is 4.67. The van der Waals surface area contributed by atoms with Crippen LogP contribution in [0.2, 0.25) is 0 Å². The Morgan fingerprint density at radius 3 is 2.47 bits per heavy atom. The van der Waals surface area contributed by atoms with Gasteiger partial charge in [0.1, 0.15) is 23.7 Å². The van der Waals surface area contributed by atoms with Crippen LogP contribution in [0.5, 0.6) is 11.5 Å². The molecule has 0 bridgehead atoms. The molecule has 57 heavy (non-hydrogen) atoms. The van der Waals surface area contributed by atoms with Crippen molar-refractivity contribution in [1.82, 2.24) is 30.5 Å². The molecule has 16 heteroatoms. The standard InChI is InChI=1S/C41H48BrN7O6S2/c1-22(34-14-27(42)20-56-34)45-38-29-16-32(54-7)33(17-30(29)46-24(3)47-38)55-13-12-35(51)48-37(41(4,5)6)40(53)49-19-28(50)15-31(49)39(52)43-18-25-8-10-26(11-9-25)36-23(2)44-21-57-36/h8-11,14,16-17,20-22,28,31,37,50H,12-13,15,18-19H2,1-7H3,(H,43,52)(H,48,51)(H,45,46,47)/t22-,28-,31+,37-/m1/s1. The number of thiophene rings is 1. The smallest absolute Gasteiger partial charge is 0.246 e. The third-order valence-corrected chi connectivity index (χ3v) is 12.6. The van der Waals surface area contributed by atoms with E-state index in [4.69, 9.17) is 9.47 Å². The van der Waals surface area contributed by atoms with Gasteiger partial charge in [-0.05, 0) is 65.4 Å². The number of methoxy groups -OCH3 is 1. The monoisotopic (exact) mass is 877 g/mol. The van der Waals surface area contributed by atoms with Crippen molar-refractivity contribution in [1.29, 1.82) is 0 Å². The molecule has 6 rings (SSSR count). The lowest BCUT2D eigenvalue weighted by Gasteiger charge is -2.35. The summed E-state index contributed by atoms with van der Waals surface area (Å²) in [4.78, 5) is 58.2. The average Bonchev–Trinajstić information content (AvgIpc) is 3.91. The molecule has 0 saturated carbocycles. The lowest BCUT2D eigenvalue weighted by Crippen LogP contribution is -2.57. The highest BCUT2D eigenvalue weighted by molar-refractivity contribution is 9.10. The van der Waals surface area contributed by atoms with Gasteiger partial charge in [0.2, 0.25) is 17.7 Å². The van der Waals surface area contributed by atoms with Crippen molar-refractivity contribution in [3.63, 3.8) is 0 Å². The van der Waals surface area contributed by atoms with Crippen LogP contribution in [-0.2, 0) is 20.9 Å². The van der Waals surface area contributed by atoms with Gasteiger partial charge in [-0.1, -0.05) is 45.0 Å². The molecule has 0 radical (unpaired) electrons. The zero-order valence-corrected chi connectivity index (χ0v) is 36.2. The van der Waals surface area contributed by atoms with Gasteiger partial charge in [-0.15, -0.1) is 22.7 Å². The molecule has 2 aromatic carbocycles. The number of fused-ring (bicyclic) bond motifs is 1. The number of rotatable bonds is 14. The summed E-state index contributed by atoms with van der Waals surface area (Å²) >= 11 is 6.74. The summed E-state index contributed by atoms with van der Waals surface area (Å²) in [6, 6.07) is 11.7. The van der Waals surface area contributed by atoms with Crippen molar-refractivity contribution in [2.24, 2.45) is 5.41 Å². The number of hydrogen-bond acceptors (Lipinski definition) is 12. The number of aryl methyl sites for hydroxylation is 2. The van der Waals surface area contributed by atoms with Crippen molar-refractivity contribution in [2.45, 2.75) is 85.2 Å². The van der Waals surface area contributed by atoms with Crippen molar-refractivity contribution < 1.29 is 29.0 Å². The number of carbonyl (C=O) groups is 3. The summed E-state index contributed by atoms with van der Waals surface area (Å²) in [6.45, 7) is 11.6. The number of hydrogen-bond donors (Lipinski definition) is 4. The molecule has 3 aromatic heterocycles. The quantitative estimate of drug-likeness (QED) is 0.0917. The maximum Gasteiger partial charge on any atom is 0.246 e. The van der Waals surface area contributed by atoms with Crippen molar-refractivity contribution in [3.05, 3.63) is 79.8 Å². The Morgan fingerprint density at radius 1 is 1.07 bits per heavy atom. The fourth-order valence-corrected chi connectivity index (χ4v) is 9.00. The lowest BCUT2D eigenvalue weighted by atomic mass is 9.85. The van der Waals surface area contributed by atoms with E-state index in [1.54, 1.807) is 35.8 Å². The van der Waals surface area contributed by atoms with Crippen LogP contribution in [0.15, 0.2) is 57.8 Å². The molecule has 302 valence electrons. The number of nitrogens with one attached hydrogen (secondary N) is 3. The van der Waals surface area contributed by atoms with Crippen LogP contribution < -0.4 is 25.4 Å². The minimum absolute atomic E-state index is 0.00350. The van der Waals surface area contributed by atoms with E-state index >= 15 is 0 Å². The first kappa shape index (κ1) is 42.0. The van der Waals surface area contributed by atoms with Gasteiger partial charge in [-0.25, -0.2) is 15.0 Å². The SMILES string of the molecule is COc1cc2c(N[C@H](C)c3cc(Br)cs3)nc(C)nc2cc1OCCC(=O)N[C@H](C(=O)N1C[C@H](O)C[C@H]1C(=O)NCc1ccc(-c2scnc2C)cc1)C(C)(C)C. The van der Waals surface area contributed by atoms with Crippen molar-refractivity contribution >= 4 is 73.0 Å². The third kappa shape index (κ3) is 10.1. The van der Waals surface area contributed by atoms with E-state index in [1.165, 1.54) is 4.90 Å². The van der Waals surface area contributed by atoms with E-state index in [0.717, 1.165) is 36.4 Å². The second kappa shape index (κ2) is 17.9. The molecule has 0 unspecified atom stereocenters. The molecule has 13 nitrogen and oxygen atoms in total. The molecule has 4 atom stereocenters. The van der Waals surface area contributed by atoms with Crippen molar-refractivity contribution in [2.75, 3.05) is 25.6 Å². The Labute approximate surface area is 348 Å². The number of nitrogens with zero attached hydrogens (tertiary/aromatic N) is 4. The highest BCUT2D eigenvalue weighted by Gasteiger charge is 2.44. The number of amides is 3. The van der Waals surface area contributed by atoms with Gasteiger partial charge in [0.25, 0.3) is 0 Å². The molecule has 1 aliphatic rings. The molecule has 0 spiro atoms. The maximum absolute atomic E-state index is 14.1. The first-order valence-corrected chi connectivity index (χ1v) is 21.2. The Kier molecular flexibility index (Phi) is 13.2. The highest BCUT2D eigenvalue weighted by atomic mass is 79.9. The molecule has 3 amide bonds. The molecule has 5 aromatic rings. The molecule has 4 N–H and O–H groups in total. The zero-order chi connectivity index (χ0) is 41.0. The number of likely N-dealkylation sites (tertiary alicyclic amines) is 1. The molecule has 1 aliphatic heterocycles. The summed E-state index contributed by atoms with van der Waals surface area (Å²) in [5, 5.41) is 22.7. The van der Waals surface area contributed by atoms with E-state index in [2.05, 4.69) is 59.8 Å². The number of aliphatic hydroxyl groups excluding tert-OH is 1. The molecular formula is C41H48BrN7O6S2. The normalized spacial score (nSPS) is 16.6. The first-order chi connectivity index (χ1) is 27.1. The summed E-state index contributed by atoms with van der Waals surface area (Å²) in [6.07, 6.45) is -0.833. The Balaban J connectivity index is 1.07. The topological polar surface area (TPSA) is 168 Å². The Bertz CT molecular complexity index is 2240. The minimum atomic E-state index is -0.966. The summed E-state index contributed by atoms with van der Waals surface area (Å²) < 4.78 is 12.8. The fourth-order valence-electron chi connectivity index (χ4n) is 6.73. The van der Waals surface area contributed by atoms with Crippen LogP contribution >= 0.6 is 38.6 Å². The number of β-amino-alcohol motifs (C(OH)–C–C–N with tert-alkyl or cyclic N) is 1. The van der Waals surface area contributed by atoms with Crippen molar-refractivity contribution in [3.8, 4) is 21.9 Å². The van der Waals surface area contributed by atoms with Crippen LogP contribution in [0.4, 0.5) is 5.82 Å². The van der Waals surface area contributed by atoms with Crippen LogP contribution in [0, 0.1) is 19.3 Å². The predicted molar refractivity (Wildman–Crippen MR) is 227 cm³/mol.